The minimum atomic E-state index is 0.696. The van der Waals surface area contributed by atoms with Crippen LogP contribution in [0.15, 0.2) is 176 Å². The summed E-state index contributed by atoms with van der Waals surface area (Å²) < 4.78 is 4.63. The van der Waals surface area contributed by atoms with Crippen LogP contribution in [-0.2, 0) is 0 Å². The maximum absolute atomic E-state index is 5.25. The van der Waals surface area contributed by atoms with Crippen LogP contribution in [0.3, 0.4) is 0 Å². The summed E-state index contributed by atoms with van der Waals surface area (Å²) >= 11 is 0. The monoisotopic (exact) mass is 639 g/mol. The van der Waals surface area contributed by atoms with E-state index >= 15 is 0 Å². The molecule has 4 heterocycles. The van der Waals surface area contributed by atoms with Crippen LogP contribution >= 0.6 is 0 Å². The zero-order chi connectivity index (χ0) is 33.0. The molecule has 0 aliphatic heterocycles. The molecule has 0 spiro atoms. The standard InChI is InChI=1S/C45H29N5/c1-4-14-30(15-5-1)42-41(29-47-44(48-42)31-16-6-2-7-17-31)50-39-24-11-10-20-35(39)37-22-12-21-34(43(37)50)32-25-26-36-38-23-13-27-46-45(38)49(40(36)28-32)33-18-8-3-9-19-33/h1-29H. The van der Waals surface area contributed by atoms with Crippen molar-refractivity contribution in [3.05, 3.63) is 176 Å². The van der Waals surface area contributed by atoms with Crippen molar-refractivity contribution in [3.63, 3.8) is 0 Å². The molecule has 0 amide bonds. The highest BCUT2D eigenvalue weighted by Gasteiger charge is 2.22. The molecule has 234 valence electrons. The van der Waals surface area contributed by atoms with E-state index in [1.54, 1.807) is 0 Å². The first-order chi connectivity index (χ1) is 24.8. The fourth-order valence-electron chi connectivity index (χ4n) is 7.43. The summed E-state index contributed by atoms with van der Waals surface area (Å²) in [6.07, 6.45) is 3.86. The van der Waals surface area contributed by atoms with E-state index in [1.165, 1.54) is 16.2 Å². The fourth-order valence-corrected chi connectivity index (χ4v) is 7.43. The van der Waals surface area contributed by atoms with Gasteiger partial charge < -0.3 is 4.57 Å². The Morgan fingerprint density at radius 1 is 0.440 bits per heavy atom. The lowest BCUT2D eigenvalue weighted by Gasteiger charge is -2.16. The van der Waals surface area contributed by atoms with E-state index in [4.69, 9.17) is 15.0 Å². The second-order valence-electron chi connectivity index (χ2n) is 12.5. The zero-order valence-corrected chi connectivity index (χ0v) is 27.0. The predicted octanol–water partition coefficient (Wildman–Crippen LogP) is 11.1. The van der Waals surface area contributed by atoms with Crippen molar-refractivity contribution in [2.45, 2.75) is 0 Å². The Hall–Kier alpha value is -6.85. The Morgan fingerprint density at radius 2 is 1.12 bits per heavy atom. The number of fused-ring (bicyclic) bond motifs is 6. The predicted molar refractivity (Wildman–Crippen MR) is 205 cm³/mol. The Morgan fingerprint density at radius 3 is 1.94 bits per heavy atom. The molecule has 50 heavy (non-hydrogen) atoms. The van der Waals surface area contributed by atoms with Gasteiger partial charge >= 0.3 is 0 Å². The van der Waals surface area contributed by atoms with Crippen LogP contribution < -0.4 is 0 Å². The van der Waals surface area contributed by atoms with Gasteiger partial charge in [0.2, 0.25) is 0 Å². The summed E-state index contributed by atoms with van der Waals surface area (Å²) in [4.78, 5) is 15.1. The highest BCUT2D eigenvalue weighted by atomic mass is 15.1. The van der Waals surface area contributed by atoms with E-state index in [2.05, 4.69) is 143 Å². The van der Waals surface area contributed by atoms with Crippen LogP contribution in [0.2, 0.25) is 0 Å². The Labute approximate surface area is 288 Å². The molecule has 0 N–H and O–H groups in total. The number of hydrogen-bond donors (Lipinski definition) is 0. The topological polar surface area (TPSA) is 48.5 Å². The second kappa shape index (κ2) is 11.4. The molecule has 4 aromatic heterocycles. The van der Waals surface area contributed by atoms with E-state index in [1.807, 2.05) is 42.7 Å². The summed E-state index contributed by atoms with van der Waals surface area (Å²) in [5.74, 6) is 0.696. The van der Waals surface area contributed by atoms with Gasteiger partial charge in [0.05, 0.1) is 34.1 Å². The number of aromatic nitrogens is 5. The summed E-state index contributed by atoms with van der Waals surface area (Å²) in [6, 6.07) is 57.3. The SMILES string of the molecule is c1ccc(-c2ncc(-n3c4ccccc4c4cccc(-c5ccc6c7cccnc7n(-c7ccccc7)c6c5)c43)c(-c3ccccc3)n2)cc1. The van der Waals surface area contributed by atoms with E-state index < -0.39 is 0 Å². The Bertz CT molecular complexity index is 2850. The van der Waals surface area contributed by atoms with Crippen LogP contribution in [0.1, 0.15) is 0 Å². The normalized spacial score (nSPS) is 11.6. The molecule has 0 saturated heterocycles. The van der Waals surface area contributed by atoms with Gasteiger partial charge in [0.15, 0.2) is 5.82 Å². The van der Waals surface area contributed by atoms with E-state index in [9.17, 15) is 0 Å². The lowest BCUT2D eigenvalue weighted by Crippen LogP contribution is -2.03. The van der Waals surface area contributed by atoms with Gasteiger partial charge in [0, 0.05) is 50.1 Å². The Balaban J connectivity index is 1.28. The highest BCUT2D eigenvalue weighted by Crippen LogP contribution is 2.42. The molecule has 5 heteroatoms. The van der Waals surface area contributed by atoms with Crippen LogP contribution in [0.4, 0.5) is 0 Å². The summed E-state index contributed by atoms with van der Waals surface area (Å²) in [6.45, 7) is 0. The number of benzene rings is 6. The first kappa shape index (κ1) is 28.2. The third kappa shape index (κ3) is 4.37. The molecular formula is C45H29N5. The molecule has 6 aromatic carbocycles. The van der Waals surface area contributed by atoms with Gasteiger partial charge in [0.25, 0.3) is 0 Å². The number of hydrogen-bond acceptors (Lipinski definition) is 3. The fraction of sp³-hybridized carbons (Fsp3) is 0. The third-order valence-corrected chi connectivity index (χ3v) is 9.64. The minimum Gasteiger partial charge on any atom is -0.305 e. The van der Waals surface area contributed by atoms with E-state index in [-0.39, 0.29) is 0 Å². The van der Waals surface area contributed by atoms with Gasteiger partial charge in [-0.05, 0) is 42.0 Å². The van der Waals surface area contributed by atoms with Crippen molar-refractivity contribution in [1.29, 1.82) is 0 Å². The van der Waals surface area contributed by atoms with Gasteiger partial charge in [-0.25, -0.2) is 15.0 Å². The molecular weight excluding hydrogens is 611 g/mol. The molecule has 0 bridgehead atoms. The smallest absolute Gasteiger partial charge is 0.159 e. The summed E-state index contributed by atoms with van der Waals surface area (Å²) in [5, 5.41) is 4.66. The van der Waals surface area contributed by atoms with E-state index in [0.29, 0.717) is 5.82 Å². The molecule has 0 unspecified atom stereocenters. The van der Waals surface area contributed by atoms with Gasteiger partial charge in [-0.2, -0.15) is 0 Å². The number of para-hydroxylation sites is 3. The lowest BCUT2D eigenvalue weighted by molar-refractivity contribution is 1.09. The molecule has 10 aromatic rings. The first-order valence-electron chi connectivity index (χ1n) is 16.8. The molecule has 0 aliphatic carbocycles. The molecule has 0 aliphatic rings. The number of rotatable bonds is 5. The van der Waals surface area contributed by atoms with Crippen molar-refractivity contribution in [1.82, 2.24) is 24.1 Å². The van der Waals surface area contributed by atoms with Crippen molar-refractivity contribution in [2.75, 3.05) is 0 Å². The molecule has 0 saturated carbocycles. The summed E-state index contributed by atoms with van der Waals surface area (Å²) in [7, 11) is 0. The maximum Gasteiger partial charge on any atom is 0.159 e. The van der Waals surface area contributed by atoms with E-state index in [0.717, 1.165) is 66.9 Å². The molecule has 0 atom stereocenters. The largest absolute Gasteiger partial charge is 0.305 e. The number of nitrogens with zero attached hydrogens (tertiary/aromatic N) is 5. The van der Waals surface area contributed by atoms with Crippen molar-refractivity contribution >= 4 is 43.7 Å². The van der Waals surface area contributed by atoms with Gasteiger partial charge in [0.1, 0.15) is 5.65 Å². The number of pyridine rings is 1. The van der Waals surface area contributed by atoms with Gasteiger partial charge in [-0.15, -0.1) is 0 Å². The average molecular weight is 640 g/mol. The van der Waals surface area contributed by atoms with Gasteiger partial charge in [-0.1, -0.05) is 127 Å². The van der Waals surface area contributed by atoms with Crippen molar-refractivity contribution < 1.29 is 0 Å². The molecule has 0 fully saturated rings. The van der Waals surface area contributed by atoms with Crippen LogP contribution in [0, 0.1) is 0 Å². The van der Waals surface area contributed by atoms with Crippen LogP contribution in [0.25, 0.3) is 88.9 Å². The first-order valence-corrected chi connectivity index (χ1v) is 16.8. The van der Waals surface area contributed by atoms with Crippen LogP contribution in [0.5, 0.6) is 0 Å². The lowest BCUT2D eigenvalue weighted by atomic mass is 10.00. The zero-order valence-electron chi connectivity index (χ0n) is 27.0. The third-order valence-electron chi connectivity index (χ3n) is 9.64. The van der Waals surface area contributed by atoms with Crippen molar-refractivity contribution in [2.24, 2.45) is 0 Å². The minimum absolute atomic E-state index is 0.696. The summed E-state index contributed by atoms with van der Waals surface area (Å²) in [5.41, 5.74) is 11.4. The maximum atomic E-state index is 5.25. The quantitative estimate of drug-likeness (QED) is 0.188. The van der Waals surface area contributed by atoms with Gasteiger partial charge in [-0.3, -0.25) is 4.57 Å². The molecule has 5 nitrogen and oxygen atoms in total. The van der Waals surface area contributed by atoms with Crippen molar-refractivity contribution in [3.8, 4) is 45.1 Å². The highest BCUT2D eigenvalue weighted by molar-refractivity contribution is 6.15. The average Bonchev–Trinajstić information content (AvgIpc) is 3.71. The Kier molecular flexibility index (Phi) is 6.42. The second-order valence-corrected chi connectivity index (χ2v) is 12.5. The van der Waals surface area contributed by atoms with Crippen LogP contribution in [-0.4, -0.2) is 24.1 Å². The molecule has 0 radical (unpaired) electrons. The molecule has 10 rings (SSSR count).